The number of alkyl halides is 3. The molecule has 1 rings (SSSR count). The Hall–Kier alpha value is -2.16. The summed E-state index contributed by atoms with van der Waals surface area (Å²) in [6, 6.07) is 0.613. The molecule has 0 aromatic carbocycles. The van der Waals surface area contributed by atoms with E-state index in [-0.39, 0.29) is 18.8 Å². The smallest absolute Gasteiger partial charge is 0.379 e. The van der Waals surface area contributed by atoms with Crippen LogP contribution in [0.2, 0.25) is 0 Å². The molecule has 116 valence electrons. The molecule has 1 heterocycles. The first-order valence-electron chi connectivity index (χ1n) is 6.00. The van der Waals surface area contributed by atoms with Crippen molar-refractivity contribution in [2.45, 2.75) is 12.6 Å². The van der Waals surface area contributed by atoms with Gasteiger partial charge < -0.3 is 10.1 Å². The van der Waals surface area contributed by atoms with Gasteiger partial charge in [0.1, 0.15) is 17.6 Å². The molecule has 0 saturated heterocycles. The van der Waals surface area contributed by atoms with Crippen molar-refractivity contribution in [3.63, 3.8) is 0 Å². The molecule has 0 saturated carbocycles. The van der Waals surface area contributed by atoms with Crippen LogP contribution in [0.15, 0.2) is 24.9 Å². The van der Waals surface area contributed by atoms with Crippen LogP contribution >= 0.6 is 0 Å². The van der Waals surface area contributed by atoms with Crippen LogP contribution < -0.4 is 5.32 Å². The minimum atomic E-state index is -4.66. The Labute approximate surface area is 118 Å². The van der Waals surface area contributed by atoms with E-state index >= 15 is 0 Å². The van der Waals surface area contributed by atoms with Crippen LogP contribution in [0.3, 0.4) is 0 Å². The molecule has 0 unspecified atom stereocenters. The van der Waals surface area contributed by atoms with Crippen LogP contribution in [-0.4, -0.2) is 29.7 Å². The van der Waals surface area contributed by atoms with Gasteiger partial charge in [0.2, 0.25) is 0 Å². The van der Waals surface area contributed by atoms with Crippen LogP contribution in [0, 0.1) is 10.1 Å². The number of pyridine rings is 1. The molecule has 0 spiro atoms. The molecule has 6 nitrogen and oxygen atoms in total. The van der Waals surface area contributed by atoms with Gasteiger partial charge in [0.15, 0.2) is 0 Å². The third-order valence-electron chi connectivity index (χ3n) is 2.40. The average molecular weight is 305 g/mol. The molecule has 0 radical (unpaired) electrons. The predicted molar refractivity (Wildman–Crippen MR) is 70.0 cm³/mol. The second kappa shape index (κ2) is 7.58. The number of anilines is 1. The summed E-state index contributed by atoms with van der Waals surface area (Å²) in [6.07, 6.45) is -1.76. The van der Waals surface area contributed by atoms with Gasteiger partial charge in [-0.1, -0.05) is 6.08 Å². The summed E-state index contributed by atoms with van der Waals surface area (Å²) in [5, 5.41) is 13.3. The summed E-state index contributed by atoms with van der Waals surface area (Å²) in [6.45, 7) is 4.27. The van der Waals surface area contributed by atoms with Crippen LogP contribution in [0.1, 0.15) is 12.1 Å². The Morgan fingerprint density at radius 2 is 2.19 bits per heavy atom. The Balaban J connectivity index is 2.73. The minimum absolute atomic E-state index is 0.138. The van der Waals surface area contributed by atoms with E-state index in [1.165, 1.54) is 0 Å². The molecular formula is C12H14F3N3O3. The van der Waals surface area contributed by atoms with Crippen LogP contribution in [0.4, 0.5) is 24.5 Å². The summed E-state index contributed by atoms with van der Waals surface area (Å²) in [5.74, 6) is 0. The molecule has 0 bridgehead atoms. The number of aromatic nitrogens is 1. The lowest BCUT2D eigenvalue weighted by molar-refractivity contribution is -0.384. The third kappa shape index (κ3) is 5.38. The zero-order valence-electron chi connectivity index (χ0n) is 11.0. The fourth-order valence-corrected chi connectivity index (χ4v) is 1.42. The van der Waals surface area contributed by atoms with Gasteiger partial charge in [0.25, 0.3) is 0 Å². The van der Waals surface area contributed by atoms with Gasteiger partial charge in [-0.15, -0.1) is 6.58 Å². The van der Waals surface area contributed by atoms with Crippen molar-refractivity contribution in [2.24, 2.45) is 0 Å². The van der Waals surface area contributed by atoms with Gasteiger partial charge >= 0.3 is 11.9 Å². The maximum absolute atomic E-state index is 12.5. The summed E-state index contributed by atoms with van der Waals surface area (Å²) in [7, 11) is 0. The quantitative estimate of drug-likeness (QED) is 0.346. The van der Waals surface area contributed by atoms with E-state index < -0.39 is 22.5 Å². The number of hydrogen-bond donors (Lipinski definition) is 1. The molecule has 21 heavy (non-hydrogen) atoms. The van der Waals surface area contributed by atoms with E-state index in [0.29, 0.717) is 25.3 Å². The molecule has 0 aliphatic carbocycles. The summed E-state index contributed by atoms with van der Waals surface area (Å²) >= 11 is 0. The van der Waals surface area contributed by atoms with Gasteiger partial charge in [-0.05, 0) is 12.5 Å². The number of nitrogens with one attached hydrogen (secondary N) is 1. The van der Waals surface area contributed by atoms with Crippen LogP contribution in [0.5, 0.6) is 0 Å². The van der Waals surface area contributed by atoms with Gasteiger partial charge in [-0.3, -0.25) is 10.1 Å². The monoisotopic (exact) mass is 305 g/mol. The fraction of sp³-hybridized carbons (Fsp3) is 0.417. The average Bonchev–Trinajstić information content (AvgIpc) is 2.41. The molecule has 0 atom stereocenters. The number of hydrogen-bond acceptors (Lipinski definition) is 5. The zero-order valence-corrected chi connectivity index (χ0v) is 11.0. The fourth-order valence-electron chi connectivity index (χ4n) is 1.42. The first-order chi connectivity index (χ1) is 9.86. The third-order valence-corrected chi connectivity index (χ3v) is 2.40. The second-order valence-electron chi connectivity index (χ2n) is 3.96. The molecule has 0 aliphatic rings. The van der Waals surface area contributed by atoms with Crippen molar-refractivity contribution < 1.29 is 22.8 Å². The lowest BCUT2D eigenvalue weighted by Crippen LogP contribution is -2.14. The van der Waals surface area contributed by atoms with E-state index in [1.54, 1.807) is 6.08 Å². The largest absolute Gasteiger partial charge is 0.433 e. The maximum Gasteiger partial charge on any atom is 0.433 e. The standard InChI is InChI=1S/C12H14F3N3O3/c1-2-3-5-21-6-4-16-9-7-11(12(13,14)15)17-8-10(9)18(19)20/h2,7-8H,1,3-6H2,(H,16,17). The normalized spacial score (nSPS) is 11.2. The molecule has 0 fully saturated rings. The number of halogens is 3. The molecule has 9 heteroatoms. The minimum Gasteiger partial charge on any atom is -0.379 e. The molecule has 1 aromatic heterocycles. The highest BCUT2D eigenvalue weighted by atomic mass is 19.4. The lowest BCUT2D eigenvalue weighted by atomic mass is 10.2. The molecule has 0 amide bonds. The lowest BCUT2D eigenvalue weighted by Gasteiger charge is -2.10. The van der Waals surface area contributed by atoms with E-state index in [4.69, 9.17) is 4.74 Å². The molecular weight excluding hydrogens is 291 g/mol. The Kier molecular flexibility index (Phi) is 6.10. The van der Waals surface area contributed by atoms with E-state index in [0.717, 1.165) is 0 Å². The van der Waals surface area contributed by atoms with E-state index in [9.17, 15) is 23.3 Å². The Morgan fingerprint density at radius 1 is 1.48 bits per heavy atom. The van der Waals surface area contributed by atoms with Crippen LogP contribution in [0.25, 0.3) is 0 Å². The summed E-state index contributed by atoms with van der Waals surface area (Å²) in [4.78, 5) is 13.0. The molecule has 0 aliphatic heterocycles. The van der Waals surface area contributed by atoms with Gasteiger partial charge in [0.05, 0.1) is 18.1 Å². The van der Waals surface area contributed by atoms with Crippen molar-refractivity contribution in [1.29, 1.82) is 0 Å². The zero-order chi connectivity index (χ0) is 15.9. The topological polar surface area (TPSA) is 77.3 Å². The number of nitrogens with zero attached hydrogens (tertiary/aromatic N) is 2. The highest BCUT2D eigenvalue weighted by Crippen LogP contribution is 2.32. The maximum atomic E-state index is 12.5. The Bertz CT molecular complexity index is 506. The van der Waals surface area contributed by atoms with Crippen molar-refractivity contribution in [3.05, 3.63) is 40.7 Å². The number of rotatable bonds is 8. The SMILES string of the molecule is C=CCCOCCNc1cc(C(F)(F)F)ncc1[N+](=O)[O-]. The molecule has 1 N–H and O–H groups in total. The predicted octanol–water partition coefficient (Wildman–Crippen LogP) is 3.01. The van der Waals surface area contributed by atoms with Gasteiger partial charge in [-0.25, -0.2) is 4.98 Å². The van der Waals surface area contributed by atoms with Crippen molar-refractivity contribution in [1.82, 2.24) is 4.98 Å². The van der Waals surface area contributed by atoms with Gasteiger partial charge in [0, 0.05) is 6.54 Å². The van der Waals surface area contributed by atoms with Crippen LogP contribution in [-0.2, 0) is 10.9 Å². The first-order valence-corrected chi connectivity index (χ1v) is 6.00. The second-order valence-corrected chi connectivity index (χ2v) is 3.96. The highest BCUT2D eigenvalue weighted by molar-refractivity contribution is 5.61. The summed E-state index contributed by atoms with van der Waals surface area (Å²) in [5.41, 5.74) is -1.95. The Morgan fingerprint density at radius 3 is 2.76 bits per heavy atom. The van der Waals surface area contributed by atoms with E-state index in [1.807, 2.05) is 0 Å². The van der Waals surface area contributed by atoms with Crippen molar-refractivity contribution in [3.8, 4) is 0 Å². The van der Waals surface area contributed by atoms with E-state index in [2.05, 4.69) is 16.9 Å². The van der Waals surface area contributed by atoms with Crippen molar-refractivity contribution >= 4 is 11.4 Å². The van der Waals surface area contributed by atoms with Crippen molar-refractivity contribution in [2.75, 3.05) is 25.1 Å². The number of nitro groups is 1. The summed E-state index contributed by atoms with van der Waals surface area (Å²) < 4.78 is 42.8. The molecule has 1 aromatic rings. The van der Waals surface area contributed by atoms with Gasteiger partial charge in [-0.2, -0.15) is 13.2 Å². The highest BCUT2D eigenvalue weighted by Gasteiger charge is 2.34. The first kappa shape index (κ1) is 16.9. The number of ether oxygens (including phenoxy) is 1.